The predicted molar refractivity (Wildman–Crippen MR) is 78.3 cm³/mol. The highest BCUT2D eigenvalue weighted by molar-refractivity contribution is 14.0. The molecule has 1 fully saturated rings. The summed E-state index contributed by atoms with van der Waals surface area (Å²) in [4.78, 5) is 6.17. The van der Waals surface area contributed by atoms with Crippen molar-refractivity contribution in [2.45, 2.75) is 12.3 Å². The van der Waals surface area contributed by atoms with Crippen LogP contribution in [0, 0.1) is 0 Å². The Kier molecular flexibility index (Phi) is 5.05. The number of halogens is 1. The van der Waals surface area contributed by atoms with Gasteiger partial charge in [0.2, 0.25) is 0 Å². The second-order valence-corrected chi connectivity index (χ2v) is 3.92. The lowest BCUT2D eigenvalue weighted by Crippen LogP contribution is -2.35. The summed E-state index contributed by atoms with van der Waals surface area (Å²) < 4.78 is 0. The summed E-state index contributed by atoms with van der Waals surface area (Å²) in [6.45, 7) is 2.01. The van der Waals surface area contributed by atoms with Gasteiger partial charge in [0, 0.05) is 26.1 Å². The van der Waals surface area contributed by atoms with Crippen molar-refractivity contribution in [1.29, 1.82) is 0 Å². The Labute approximate surface area is 114 Å². The lowest BCUT2D eigenvalue weighted by Gasteiger charge is -2.16. The molecule has 0 amide bonds. The Balaban J connectivity index is 0.00000128. The average molecular weight is 331 g/mol. The number of guanidine groups is 1. The Bertz CT molecular complexity index is 351. The highest BCUT2D eigenvalue weighted by Gasteiger charge is 2.24. The van der Waals surface area contributed by atoms with Crippen LogP contribution < -0.4 is 5.73 Å². The largest absolute Gasteiger partial charge is 0.370 e. The summed E-state index contributed by atoms with van der Waals surface area (Å²) in [7, 11) is 1.74. The van der Waals surface area contributed by atoms with Crippen LogP contribution in [-0.4, -0.2) is 31.0 Å². The Hall–Kier alpha value is -0.780. The first-order chi connectivity index (χ1) is 7.31. The molecule has 1 heterocycles. The maximum absolute atomic E-state index is 5.79. The molecular formula is C12H18IN3. The molecule has 0 aromatic heterocycles. The third-order valence-electron chi connectivity index (χ3n) is 3.01. The molecule has 1 atom stereocenters. The maximum atomic E-state index is 5.79. The number of hydrogen-bond acceptors (Lipinski definition) is 1. The summed E-state index contributed by atoms with van der Waals surface area (Å²) in [5, 5.41) is 0. The van der Waals surface area contributed by atoms with Crippen molar-refractivity contribution in [2.75, 3.05) is 20.1 Å². The number of benzene rings is 1. The van der Waals surface area contributed by atoms with Crippen molar-refractivity contribution >= 4 is 29.9 Å². The van der Waals surface area contributed by atoms with Gasteiger partial charge in [-0.25, -0.2) is 0 Å². The van der Waals surface area contributed by atoms with E-state index in [0.717, 1.165) is 13.1 Å². The number of likely N-dealkylation sites (tertiary alicyclic amines) is 1. The van der Waals surface area contributed by atoms with Crippen LogP contribution in [0.2, 0.25) is 0 Å². The molecule has 88 valence electrons. The summed E-state index contributed by atoms with van der Waals surface area (Å²) in [5.41, 5.74) is 7.20. The lowest BCUT2D eigenvalue weighted by atomic mass is 9.99. The number of nitrogens with zero attached hydrogens (tertiary/aromatic N) is 2. The molecule has 1 aliphatic rings. The van der Waals surface area contributed by atoms with Gasteiger partial charge in [-0.1, -0.05) is 30.3 Å². The topological polar surface area (TPSA) is 41.6 Å². The van der Waals surface area contributed by atoms with Crippen molar-refractivity contribution < 1.29 is 0 Å². The van der Waals surface area contributed by atoms with Gasteiger partial charge in [-0.05, 0) is 12.0 Å². The first-order valence-electron chi connectivity index (χ1n) is 5.33. The summed E-state index contributed by atoms with van der Waals surface area (Å²) in [5.74, 6) is 1.26. The zero-order valence-electron chi connectivity index (χ0n) is 9.47. The van der Waals surface area contributed by atoms with Crippen molar-refractivity contribution in [1.82, 2.24) is 4.90 Å². The van der Waals surface area contributed by atoms with E-state index in [0.29, 0.717) is 11.9 Å². The van der Waals surface area contributed by atoms with Crippen LogP contribution in [0.1, 0.15) is 17.9 Å². The van der Waals surface area contributed by atoms with Crippen LogP contribution in [0.5, 0.6) is 0 Å². The summed E-state index contributed by atoms with van der Waals surface area (Å²) in [6, 6.07) is 10.6. The quantitative estimate of drug-likeness (QED) is 0.486. The van der Waals surface area contributed by atoms with E-state index in [1.54, 1.807) is 7.05 Å². The maximum Gasteiger partial charge on any atom is 0.190 e. The zero-order valence-corrected chi connectivity index (χ0v) is 11.8. The minimum absolute atomic E-state index is 0. The molecule has 0 aliphatic carbocycles. The van der Waals surface area contributed by atoms with Gasteiger partial charge in [-0.15, -0.1) is 24.0 Å². The normalized spacial score (nSPS) is 20.7. The smallest absolute Gasteiger partial charge is 0.190 e. The van der Waals surface area contributed by atoms with E-state index in [4.69, 9.17) is 5.73 Å². The Morgan fingerprint density at radius 2 is 2.06 bits per heavy atom. The van der Waals surface area contributed by atoms with Gasteiger partial charge in [-0.3, -0.25) is 4.99 Å². The highest BCUT2D eigenvalue weighted by Crippen LogP contribution is 2.26. The molecule has 1 unspecified atom stereocenters. The number of hydrogen-bond donors (Lipinski definition) is 1. The molecule has 4 heteroatoms. The third kappa shape index (κ3) is 2.87. The van der Waals surface area contributed by atoms with Gasteiger partial charge >= 0.3 is 0 Å². The van der Waals surface area contributed by atoms with Crippen molar-refractivity contribution in [3.63, 3.8) is 0 Å². The molecule has 3 nitrogen and oxygen atoms in total. The van der Waals surface area contributed by atoms with Crippen molar-refractivity contribution in [2.24, 2.45) is 10.7 Å². The van der Waals surface area contributed by atoms with E-state index in [-0.39, 0.29) is 24.0 Å². The number of aliphatic imine (C=N–C) groups is 1. The molecule has 1 aliphatic heterocycles. The average Bonchev–Trinajstić information content (AvgIpc) is 2.78. The van der Waals surface area contributed by atoms with Crippen molar-refractivity contribution in [3.8, 4) is 0 Å². The van der Waals surface area contributed by atoms with Crippen LogP contribution in [0.25, 0.3) is 0 Å². The highest BCUT2D eigenvalue weighted by atomic mass is 127. The molecule has 0 radical (unpaired) electrons. The molecule has 1 aromatic carbocycles. The molecule has 2 rings (SSSR count). The second kappa shape index (κ2) is 6.08. The third-order valence-corrected chi connectivity index (χ3v) is 3.01. The fraction of sp³-hybridized carbons (Fsp3) is 0.417. The molecule has 0 spiro atoms. The van der Waals surface area contributed by atoms with Gasteiger partial charge in [0.05, 0.1) is 0 Å². The second-order valence-electron chi connectivity index (χ2n) is 3.92. The van der Waals surface area contributed by atoms with E-state index in [1.807, 2.05) is 0 Å². The minimum Gasteiger partial charge on any atom is -0.370 e. The Morgan fingerprint density at radius 1 is 1.38 bits per heavy atom. The zero-order chi connectivity index (χ0) is 10.7. The van der Waals surface area contributed by atoms with Crippen LogP contribution in [0.4, 0.5) is 0 Å². The standard InChI is InChI=1S/C12H17N3.HI/c1-14-12(13)15-8-7-11(9-15)10-5-3-2-4-6-10;/h2-6,11H,7-9H2,1H3,(H2,13,14);1H. The number of nitrogens with two attached hydrogens (primary N) is 1. The molecule has 1 saturated heterocycles. The van der Waals surface area contributed by atoms with Gasteiger partial charge in [-0.2, -0.15) is 0 Å². The first kappa shape index (κ1) is 13.3. The molecular weight excluding hydrogens is 313 g/mol. The number of rotatable bonds is 1. The summed E-state index contributed by atoms with van der Waals surface area (Å²) >= 11 is 0. The fourth-order valence-electron chi connectivity index (χ4n) is 2.11. The molecule has 0 saturated carbocycles. The van der Waals surface area contributed by atoms with Gasteiger partial charge in [0.15, 0.2) is 5.96 Å². The fourth-order valence-corrected chi connectivity index (χ4v) is 2.11. The van der Waals surface area contributed by atoms with Crippen molar-refractivity contribution in [3.05, 3.63) is 35.9 Å². The van der Waals surface area contributed by atoms with E-state index in [1.165, 1.54) is 12.0 Å². The minimum atomic E-state index is 0. The molecule has 2 N–H and O–H groups in total. The van der Waals surface area contributed by atoms with E-state index in [2.05, 4.69) is 40.2 Å². The molecule has 0 bridgehead atoms. The monoisotopic (exact) mass is 331 g/mol. The van der Waals surface area contributed by atoms with Gasteiger partial charge in [0.1, 0.15) is 0 Å². The van der Waals surface area contributed by atoms with Crippen LogP contribution >= 0.6 is 24.0 Å². The Morgan fingerprint density at radius 3 is 2.69 bits per heavy atom. The SMILES string of the molecule is CN=C(N)N1CCC(c2ccccc2)C1.I. The van der Waals surface area contributed by atoms with E-state index >= 15 is 0 Å². The van der Waals surface area contributed by atoms with Crippen LogP contribution in [0.15, 0.2) is 35.3 Å². The summed E-state index contributed by atoms with van der Waals surface area (Å²) in [6.07, 6.45) is 1.17. The lowest BCUT2D eigenvalue weighted by molar-refractivity contribution is 0.504. The molecule has 16 heavy (non-hydrogen) atoms. The van der Waals surface area contributed by atoms with Gasteiger partial charge in [0.25, 0.3) is 0 Å². The predicted octanol–water partition coefficient (Wildman–Crippen LogP) is 2.04. The van der Waals surface area contributed by atoms with E-state index in [9.17, 15) is 0 Å². The molecule has 1 aromatic rings. The van der Waals surface area contributed by atoms with E-state index < -0.39 is 0 Å². The van der Waals surface area contributed by atoms with Gasteiger partial charge < -0.3 is 10.6 Å². The van der Waals surface area contributed by atoms with Crippen LogP contribution in [0.3, 0.4) is 0 Å². The first-order valence-corrected chi connectivity index (χ1v) is 5.33. The van der Waals surface area contributed by atoms with Crippen LogP contribution in [-0.2, 0) is 0 Å².